The number of halogens is 4. The molecule has 2 aromatic carbocycles. The number of urea groups is 1. The third-order valence-corrected chi connectivity index (χ3v) is 5.96. The molecular formula is C28H27ClF3N5O5. The second-order valence-corrected chi connectivity index (χ2v) is 9.20. The molecule has 0 saturated carbocycles. The zero-order chi connectivity index (χ0) is 30.5. The molecule has 0 bridgehead atoms. The molecule has 222 valence electrons. The third kappa shape index (κ3) is 10.4. The van der Waals surface area contributed by atoms with Crippen molar-refractivity contribution in [1.82, 2.24) is 20.9 Å². The van der Waals surface area contributed by atoms with Crippen LogP contribution in [0.25, 0.3) is 11.1 Å². The number of amides is 3. The maximum Gasteiger partial charge on any atom is 0.491 e. The van der Waals surface area contributed by atoms with Gasteiger partial charge in [-0.3, -0.25) is 9.59 Å². The number of hydrogen-bond donors (Lipinski definition) is 4. The highest BCUT2D eigenvalue weighted by atomic mass is 35.5. The van der Waals surface area contributed by atoms with Crippen LogP contribution in [0.1, 0.15) is 24.4 Å². The number of nitrogens with one attached hydrogen (secondary N) is 4. The lowest BCUT2D eigenvalue weighted by atomic mass is 9.99. The molecule has 3 amide bonds. The molecule has 14 heteroatoms. The van der Waals surface area contributed by atoms with Gasteiger partial charge in [0.1, 0.15) is 5.82 Å². The minimum absolute atomic E-state index is 0.243. The summed E-state index contributed by atoms with van der Waals surface area (Å²) in [6.45, 7) is 0.320. The van der Waals surface area contributed by atoms with Gasteiger partial charge in [-0.15, -0.1) is 0 Å². The average molecular weight is 606 g/mol. The van der Waals surface area contributed by atoms with E-state index in [4.69, 9.17) is 11.6 Å². The Hall–Kier alpha value is -4.65. The SMILES string of the molecule is O=C(CNC(=O)NCCCNc1ccccn1)NC(CC(=O)OC(=O)C(F)(F)F)c1ccc(-c2ccccc2)c(Cl)c1. The zero-order valence-corrected chi connectivity index (χ0v) is 22.8. The molecule has 4 N–H and O–H groups in total. The molecule has 0 spiro atoms. The third-order valence-electron chi connectivity index (χ3n) is 5.64. The maximum atomic E-state index is 12.6. The number of aromatic nitrogens is 1. The Labute approximate surface area is 244 Å². The van der Waals surface area contributed by atoms with Gasteiger partial charge in [0, 0.05) is 29.9 Å². The number of rotatable bonds is 12. The van der Waals surface area contributed by atoms with Crippen molar-refractivity contribution in [1.29, 1.82) is 0 Å². The monoisotopic (exact) mass is 605 g/mol. The molecule has 0 radical (unpaired) electrons. The normalized spacial score (nSPS) is 11.6. The molecule has 0 aliphatic carbocycles. The predicted molar refractivity (Wildman–Crippen MR) is 148 cm³/mol. The van der Waals surface area contributed by atoms with Crippen molar-refractivity contribution in [3.05, 3.63) is 83.5 Å². The van der Waals surface area contributed by atoms with Crippen molar-refractivity contribution < 1.29 is 37.1 Å². The van der Waals surface area contributed by atoms with E-state index in [0.717, 1.165) is 5.56 Å². The number of ether oxygens (including phenoxy) is 1. The van der Waals surface area contributed by atoms with Crippen molar-refractivity contribution in [2.75, 3.05) is 25.0 Å². The number of nitrogens with zero attached hydrogens (tertiary/aromatic N) is 1. The minimum Gasteiger partial charge on any atom is -0.386 e. The van der Waals surface area contributed by atoms with E-state index in [1.807, 2.05) is 24.3 Å². The first-order valence-corrected chi connectivity index (χ1v) is 13.0. The maximum absolute atomic E-state index is 12.6. The molecule has 0 fully saturated rings. The van der Waals surface area contributed by atoms with Crippen LogP contribution in [0.3, 0.4) is 0 Å². The van der Waals surface area contributed by atoms with Gasteiger partial charge in [0.25, 0.3) is 0 Å². The molecule has 0 aliphatic heterocycles. The van der Waals surface area contributed by atoms with Crippen LogP contribution in [0, 0.1) is 0 Å². The fourth-order valence-corrected chi connectivity index (χ4v) is 3.96. The number of hydrogen-bond acceptors (Lipinski definition) is 7. The highest BCUT2D eigenvalue weighted by molar-refractivity contribution is 6.33. The number of carbonyl (C=O) groups excluding carboxylic acids is 4. The molecule has 0 saturated heterocycles. The van der Waals surface area contributed by atoms with Crippen LogP contribution in [0.5, 0.6) is 0 Å². The van der Waals surface area contributed by atoms with Crippen LogP contribution in [0.2, 0.25) is 5.02 Å². The van der Waals surface area contributed by atoms with E-state index in [0.29, 0.717) is 30.9 Å². The van der Waals surface area contributed by atoms with Gasteiger partial charge in [0.15, 0.2) is 0 Å². The Bertz CT molecular complexity index is 1380. The van der Waals surface area contributed by atoms with Gasteiger partial charge in [-0.1, -0.05) is 60.1 Å². The standard InChI is InChI=1S/C28H27ClF3N5O5/c29-21-15-19(10-11-20(21)18-7-2-1-3-8-18)22(16-25(39)42-26(40)28(30,31)32)37-24(38)17-36-27(41)35-14-6-13-34-23-9-4-5-12-33-23/h1-5,7-12,15,22H,6,13-14,16-17H2,(H,33,34)(H,37,38)(H2,35,36,41). The number of esters is 2. The lowest BCUT2D eigenvalue weighted by Gasteiger charge is -2.20. The lowest BCUT2D eigenvalue weighted by molar-refractivity contribution is -0.202. The molecular weight excluding hydrogens is 579 g/mol. The smallest absolute Gasteiger partial charge is 0.386 e. The van der Waals surface area contributed by atoms with Crippen LogP contribution in [0.4, 0.5) is 23.8 Å². The minimum atomic E-state index is -5.37. The first kappa shape index (κ1) is 31.9. The summed E-state index contributed by atoms with van der Waals surface area (Å²) < 4.78 is 41.6. The topological polar surface area (TPSA) is 139 Å². The lowest BCUT2D eigenvalue weighted by Crippen LogP contribution is -2.43. The van der Waals surface area contributed by atoms with E-state index in [-0.39, 0.29) is 10.6 Å². The average Bonchev–Trinajstić information content (AvgIpc) is 2.96. The first-order valence-electron chi connectivity index (χ1n) is 12.7. The molecule has 3 aromatic rings. The first-order chi connectivity index (χ1) is 20.0. The molecule has 1 unspecified atom stereocenters. The molecule has 10 nitrogen and oxygen atoms in total. The number of alkyl halides is 3. The van der Waals surface area contributed by atoms with Gasteiger partial charge >= 0.3 is 24.1 Å². The van der Waals surface area contributed by atoms with Crippen LogP contribution < -0.4 is 21.3 Å². The summed E-state index contributed by atoms with van der Waals surface area (Å²) in [6, 6.07) is 17.2. The van der Waals surface area contributed by atoms with E-state index in [1.165, 1.54) is 12.1 Å². The van der Waals surface area contributed by atoms with Crippen LogP contribution in [-0.2, 0) is 19.1 Å². The van der Waals surface area contributed by atoms with Crippen molar-refractivity contribution >= 4 is 41.3 Å². The second kappa shape index (κ2) is 15.4. The zero-order valence-electron chi connectivity index (χ0n) is 22.0. The van der Waals surface area contributed by atoms with Crippen LogP contribution in [-0.4, -0.2) is 54.7 Å². The largest absolute Gasteiger partial charge is 0.491 e. The summed E-state index contributed by atoms with van der Waals surface area (Å²) >= 11 is 6.43. The molecule has 42 heavy (non-hydrogen) atoms. The Balaban J connectivity index is 1.58. The van der Waals surface area contributed by atoms with Crippen molar-refractivity contribution in [2.45, 2.75) is 25.1 Å². The Morgan fingerprint density at radius 3 is 2.33 bits per heavy atom. The Kier molecular flexibility index (Phi) is 11.7. The van der Waals surface area contributed by atoms with Gasteiger partial charge in [0.05, 0.1) is 19.0 Å². The fraction of sp³-hybridized carbons (Fsp3) is 0.250. The van der Waals surface area contributed by atoms with E-state index in [2.05, 4.69) is 31.0 Å². The second-order valence-electron chi connectivity index (χ2n) is 8.79. The van der Waals surface area contributed by atoms with E-state index < -0.39 is 49.1 Å². The summed E-state index contributed by atoms with van der Waals surface area (Å²) in [5, 5.41) is 10.7. The van der Waals surface area contributed by atoms with Crippen molar-refractivity contribution in [3.8, 4) is 11.1 Å². The quantitative estimate of drug-likeness (QED) is 0.136. The van der Waals surface area contributed by atoms with E-state index in [9.17, 15) is 32.3 Å². The summed E-state index contributed by atoms with van der Waals surface area (Å²) in [6.07, 6.45) is -3.98. The van der Waals surface area contributed by atoms with Gasteiger partial charge < -0.3 is 26.0 Å². The summed E-state index contributed by atoms with van der Waals surface area (Å²) in [5.41, 5.74) is 1.68. The molecule has 0 aliphatic rings. The predicted octanol–water partition coefficient (Wildman–Crippen LogP) is 4.38. The molecule has 1 aromatic heterocycles. The van der Waals surface area contributed by atoms with Crippen LogP contribution >= 0.6 is 11.6 Å². The summed E-state index contributed by atoms with van der Waals surface area (Å²) in [7, 11) is 0. The number of carbonyl (C=O) groups is 4. The van der Waals surface area contributed by atoms with Crippen LogP contribution in [0.15, 0.2) is 72.9 Å². The van der Waals surface area contributed by atoms with E-state index in [1.54, 1.807) is 36.5 Å². The van der Waals surface area contributed by atoms with Gasteiger partial charge in [0.2, 0.25) is 5.91 Å². The number of pyridine rings is 1. The van der Waals surface area contributed by atoms with E-state index >= 15 is 0 Å². The summed E-state index contributed by atoms with van der Waals surface area (Å²) in [4.78, 5) is 52.0. The Morgan fingerprint density at radius 1 is 0.929 bits per heavy atom. The molecule has 1 atom stereocenters. The Morgan fingerprint density at radius 2 is 1.67 bits per heavy atom. The van der Waals surface area contributed by atoms with Gasteiger partial charge in [-0.05, 0) is 35.7 Å². The number of benzene rings is 2. The molecule has 1 heterocycles. The highest BCUT2D eigenvalue weighted by Gasteiger charge is 2.42. The van der Waals surface area contributed by atoms with Gasteiger partial charge in [-0.25, -0.2) is 14.6 Å². The fourth-order valence-electron chi connectivity index (χ4n) is 3.66. The van der Waals surface area contributed by atoms with Crippen molar-refractivity contribution in [2.24, 2.45) is 0 Å². The summed E-state index contributed by atoms with van der Waals surface area (Å²) in [5.74, 6) is -4.26. The molecule has 3 rings (SSSR count). The van der Waals surface area contributed by atoms with Gasteiger partial charge in [-0.2, -0.15) is 13.2 Å². The number of anilines is 1. The highest BCUT2D eigenvalue weighted by Crippen LogP contribution is 2.31. The van der Waals surface area contributed by atoms with Crippen molar-refractivity contribution in [3.63, 3.8) is 0 Å².